The Hall–Kier alpha value is -0.0400. The topological polar surface area (TPSA) is 3.24 Å². The van der Waals surface area contributed by atoms with Gasteiger partial charge in [0.1, 0.15) is 0 Å². The zero-order valence-electron chi connectivity index (χ0n) is 8.00. The Morgan fingerprint density at radius 2 is 1.67 bits per heavy atom. The van der Waals surface area contributed by atoms with Crippen LogP contribution in [0.3, 0.4) is 0 Å². The SMILES string of the molecule is CCN1CC2C3CCC(C3)C2C1. The van der Waals surface area contributed by atoms with Crippen LogP contribution >= 0.6 is 0 Å². The van der Waals surface area contributed by atoms with Crippen LogP contribution in [0.25, 0.3) is 0 Å². The summed E-state index contributed by atoms with van der Waals surface area (Å²) >= 11 is 0. The minimum atomic E-state index is 1.11. The predicted octanol–water partition coefficient (Wildman–Crippen LogP) is 1.98. The second-order valence-corrected chi connectivity index (χ2v) is 5.01. The molecular formula is C11H19N. The zero-order valence-corrected chi connectivity index (χ0v) is 8.00. The molecule has 3 aliphatic rings. The van der Waals surface area contributed by atoms with E-state index in [1.54, 1.807) is 19.3 Å². The average Bonchev–Trinajstić information content (AvgIpc) is 2.75. The highest BCUT2D eigenvalue weighted by Gasteiger charge is 2.50. The number of nitrogens with zero attached hydrogens (tertiary/aromatic N) is 1. The van der Waals surface area contributed by atoms with Crippen LogP contribution < -0.4 is 0 Å². The van der Waals surface area contributed by atoms with Crippen molar-refractivity contribution in [3.8, 4) is 0 Å². The van der Waals surface area contributed by atoms with Crippen molar-refractivity contribution in [3.63, 3.8) is 0 Å². The maximum atomic E-state index is 2.67. The summed E-state index contributed by atoms with van der Waals surface area (Å²) in [6, 6.07) is 0. The van der Waals surface area contributed by atoms with Gasteiger partial charge >= 0.3 is 0 Å². The highest BCUT2D eigenvalue weighted by molar-refractivity contribution is 5.01. The number of fused-ring (bicyclic) bond motifs is 5. The van der Waals surface area contributed by atoms with E-state index in [9.17, 15) is 0 Å². The maximum absolute atomic E-state index is 2.67. The molecule has 1 heteroatoms. The molecule has 0 aromatic carbocycles. The van der Waals surface area contributed by atoms with Gasteiger partial charge in [0, 0.05) is 13.1 Å². The molecular weight excluding hydrogens is 146 g/mol. The number of likely N-dealkylation sites (tertiary alicyclic amines) is 1. The van der Waals surface area contributed by atoms with Gasteiger partial charge in [-0.15, -0.1) is 0 Å². The smallest absolute Gasteiger partial charge is 0.00155 e. The lowest BCUT2D eigenvalue weighted by atomic mass is 9.82. The first-order valence-corrected chi connectivity index (χ1v) is 5.61. The van der Waals surface area contributed by atoms with Crippen LogP contribution in [0.5, 0.6) is 0 Å². The fraction of sp³-hybridized carbons (Fsp3) is 1.00. The summed E-state index contributed by atoms with van der Waals surface area (Å²) in [7, 11) is 0. The van der Waals surface area contributed by atoms with Gasteiger partial charge in [-0.2, -0.15) is 0 Å². The first kappa shape index (κ1) is 7.37. The van der Waals surface area contributed by atoms with E-state index >= 15 is 0 Å². The first-order valence-electron chi connectivity index (χ1n) is 5.61. The van der Waals surface area contributed by atoms with Crippen LogP contribution in [-0.4, -0.2) is 24.5 Å². The van der Waals surface area contributed by atoms with E-state index in [4.69, 9.17) is 0 Å². The first-order chi connectivity index (χ1) is 5.88. The molecule has 0 radical (unpaired) electrons. The molecule has 2 saturated carbocycles. The molecule has 3 fully saturated rings. The van der Waals surface area contributed by atoms with Crippen molar-refractivity contribution < 1.29 is 0 Å². The summed E-state index contributed by atoms with van der Waals surface area (Å²) in [6.07, 6.45) is 4.71. The van der Waals surface area contributed by atoms with Crippen molar-refractivity contribution in [3.05, 3.63) is 0 Å². The van der Waals surface area contributed by atoms with Crippen molar-refractivity contribution in [2.45, 2.75) is 26.2 Å². The molecule has 1 heterocycles. The van der Waals surface area contributed by atoms with Gasteiger partial charge in [-0.3, -0.25) is 0 Å². The Bertz CT molecular complexity index is 171. The third kappa shape index (κ3) is 0.834. The van der Waals surface area contributed by atoms with Crippen LogP contribution in [0.2, 0.25) is 0 Å². The van der Waals surface area contributed by atoms with E-state index in [-0.39, 0.29) is 0 Å². The third-order valence-corrected chi connectivity index (χ3v) is 4.66. The van der Waals surface area contributed by atoms with Crippen LogP contribution in [-0.2, 0) is 0 Å². The van der Waals surface area contributed by atoms with Crippen molar-refractivity contribution in [2.75, 3.05) is 19.6 Å². The lowest BCUT2D eigenvalue weighted by molar-refractivity contribution is 0.281. The molecule has 2 aliphatic carbocycles. The molecule has 0 aromatic heterocycles. The van der Waals surface area contributed by atoms with Crippen molar-refractivity contribution >= 4 is 0 Å². The van der Waals surface area contributed by atoms with Gasteiger partial charge in [-0.05, 0) is 49.5 Å². The fourth-order valence-corrected chi connectivity index (χ4v) is 4.03. The lowest BCUT2D eigenvalue weighted by Crippen LogP contribution is -2.22. The quantitative estimate of drug-likeness (QED) is 0.574. The van der Waals surface area contributed by atoms with E-state index in [0.717, 1.165) is 23.7 Å². The van der Waals surface area contributed by atoms with E-state index in [0.29, 0.717) is 0 Å². The van der Waals surface area contributed by atoms with Gasteiger partial charge in [0.2, 0.25) is 0 Å². The summed E-state index contributed by atoms with van der Waals surface area (Å²) in [5, 5.41) is 0. The summed E-state index contributed by atoms with van der Waals surface area (Å²) in [4.78, 5) is 2.67. The molecule has 3 rings (SSSR count). The van der Waals surface area contributed by atoms with Crippen LogP contribution in [0.1, 0.15) is 26.2 Å². The highest BCUT2D eigenvalue weighted by atomic mass is 15.2. The van der Waals surface area contributed by atoms with Crippen LogP contribution in [0, 0.1) is 23.7 Å². The molecule has 0 spiro atoms. The van der Waals surface area contributed by atoms with Crippen molar-refractivity contribution in [1.82, 2.24) is 4.90 Å². The Kier molecular flexibility index (Phi) is 1.52. The van der Waals surface area contributed by atoms with Gasteiger partial charge in [-0.1, -0.05) is 6.92 Å². The van der Waals surface area contributed by atoms with E-state index in [2.05, 4.69) is 11.8 Å². The normalized spacial score (nSPS) is 51.8. The molecule has 0 amide bonds. The van der Waals surface area contributed by atoms with Gasteiger partial charge in [0.15, 0.2) is 0 Å². The molecule has 12 heavy (non-hydrogen) atoms. The summed E-state index contributed by atoms with van der Waals surface area (Å²) in [6.45, 7) is 6.46. The summed E-state index contributed by atoms with van der Waals surface area (Å²) in [5.74, 6) is 4.50. The van der Waals surface area contributed by atoms with Crippen LogP contribution in [0.4, 0.5) is 0 Å². The molecule has 1 nitrogen and oxygen atoms in total. The molecule has 2 bridgehead atoms. The molecule has 4 atom stereocenters. The largest absolute Gasteiger partial charge is 0.303 e. The van der Waals surface area contributed by atoms with E-state index in [1.165, 1.54) is 19.6 Å². The molecule has 0 aromatic rings. The Balaban J connectivity index is 1.78. The van der Waals surface area contributed by atoms with Crippen molar-refractivity contribution in [1.29, 1.82) is 0 Å². The molecule has 68 valence electrons. The number of hydrogen-bond acceptors (Lipinski definition) is 1. The number of hydrogen-bond donors (Lipinski definition) is 0. The summed E-state index contributed by atoms with van der Waals surface area (Å²) < 4.78 is 0. The highest BCUT2D eigenvalue weighted by Crippen LogP contribution is 2.54. The Labute approximate surface area is 75.1 Å². The van der Waals surface area contributed by atoms with Gasteiger partial charge < -0.3 is 4.90 Å². The second-order valence-electron chi connectivity index (χ2n) is 5.01. The minimum absolute atomic E-state index is 1.11. The predicted molar refractivity (Wildman–Crippen MR) is 49.9 cm³/mol. The molecule has 1 aliphatic heterocycles. The minimum Gasteiger partial charge on any atom is -0.303 e. The van der Waals surface area contributed by atoms with E-state index < -0.39 is 0 Å². The van der Waals surface area contributed by atoms with Crippen LogP contribution in [0.15, 0.2) is 0 Å². The lowest BCUT2D eigenvalue weighted by Gasteiger charge is -2.22. The third-order valence-electron chi connectivity index (χ3n) is 4.66. The van der Waals surface area contributed by atoms with E-state index in [1.807, 2.05) is 0 Å². The second kappa shape index (κ2) is 2.47. The van der Waals surface area contributed by atoms with Crippen molar-refractivity contribution in [2.24, 2.45) is 23.7 Å². The summed E-state index contributed by atoms with van der Waals surface area (Å²) in [5.41, 5.74) is 0. The fourth-order valence-electron chi connectivity index (χ4n) is 4.03. The molecule has 1 saturated heterocycles. The maximum Gasteiger partial charge on any atom is 0.00155 e. The zero-order chi connectivity index (χ0) is 8.13. The average molecular weight is 165 g/mol. The molecule has 4 unspecified atom stereocenters. The monoisotopic (exact) mass is 165 g/mol. The van der Waals surface area contributed by atoms with Gasteiger partial charge in [0.25, 0.3) is 0 Å². The molecule has 0 N–H and O–H groups in total. The Morgan fingerprint density at radius 3 is 2.17 bits per heavy atom. The number of rotatable bonds is 1. The van der Waals surface area contributed by atoms with Gasteiger partial charge in [0.05, 0.1) is 0 Å². The standard InChI is InChI=1S/C11H19N/c1-2-12-6-10-8-3-4-9(5-8)11(10)7-12/h8-11H,2-7H2,1H3. The Morgan fingerprint density at radius 1 is 1.08 bits per heavy atom. The van der Waals surface area contributed by atoms with Gasteiger partial charge in [-0.25, -0.2) is 0 Å².